The molecule has 32 heavy (non-hydrogen) atoms. The van der Waals surface area contributed by atoms with Gasteiger partial charge >= 0.3 is 0 Å². The van der Waals surface area contributed by atoms with Crippen molar-refractivity contribution in [3.63, 3.8) is 0 Å². The molecule has 170 valence electrons. The third-order valence-electron chi connectivity index (χ3n) is 5.98. The largest absolute Gasteiger partial charge is 0.369 e. The molecule has 4 rings (SSSR count). The van der Waals surface area contributed by atoms with Crippen molar-refractivity contribution in [3.05, 3.63) is 58.6 Å². The van der Waals surface area contributed by atoms with Crippen molar-refractivity contribution >= 4 is 64.1 Å². The maximum atomic E-state index is 11.6. The second kappa shape index (κ2) is 10.3. The van der Waals surface area contributed by atoms with E-state index in [1.165, 1.54) is 18.2 Å². The van der Waals surface area contributed by atoms with Crippen LogP contribution in [0, 0.1) is 13.8 Å². The fourth-order valence-corrected chi connectivity index (χ4v) is 5.55. The number of rotatable bonds is 4. The van der Waals surface area contributed by atoms with Crippen molar-refractivity contribution in [2.75, 3.05) is 10.7 Å². The number of carbonyl (C=O) groups excluding carboxylic acids is 1. The van der Waals surface area contributed by atoms with Gasteiger partial charge in [-0.1, -0.05) is 66.9 Å². The minimum Gasteiger partial charge on any atom is -0.369 e. The number of amidine groups is 2. The fourth-order valence-electron chi connectivity index (χ4n) is 4.53. The molecule has 1 fully saturated rings. The summed E-state index contributed by atoms with van der Waals surface area (Å²) in [5.74, 6) is 0.621. The topological polar surface area (TPSA) is 71.0 Å². The number of nitrogens with two attached hydrogens (primary N) is 1. The number of aryl methyl sites for hydroxylation is 2. The highest BCUT2D eigenvalue weighted by Crippen LogP contribution is 2.45. The Morgan fingerprint density at radius 3 is 2.44 bits per heavy atom. The summed E-state index contributed by atoms with van der Waals surface area (Å²) in [4.78, 5) is 23.9. The zero-order valence-corrected chi connectivity index (χ0v) is 20.7. The Kier molecular flexibility index (Phi) is 7.91. The lowest BCUT2D eigenvalue weighted by Crippen LogP contribution is -2.53. The number of benzene rings is 2. The van der Waals surface area contributed by atoms with Crippen LogP contribution in [0.1, 0.15) is 43.2 Å². The summed E-state index contributed by atoms with van der Waals surface area (Å²) in [5.41, 5.74) is 9.30. The van der Waals surface area contributed by atoms with E-state index in [0.717, 1.165) is 59.2 Å². The molecule has 0 saturated heterocycles. The first-order chi connectivity index (χ1) is 14.9. The number of nitrogens with zero attached hydrogens (tertiary/aromatic N) is 3. The highest BCUT2D eigenvalue weighted by atomic mass is 35.5. The number of carbonyl (C=O) groups is 1. The van der Waals surface area contributed by atoms with Gasteiger partial charge < -0.3 is 10.6 Å². The van der Waals surface area contributed by atoms with Crippen LogP contribution in [0.15, 0.2) is 52.4 Å². The Hall–Kier alpha value is -2.02. The van der Waals surface area contributed by atoms with E-state index >= 15 is 0 Å². The zero-order chi connectivity index (χ0) is 22.0. The third-order valence-corrected chi connectivity index (χ3v) is 7.18. The van der Waals surface area contributed by atoms with Gasteiger partial charge in [-0.25, -0.2) is 9.98 Å². The van der Waals surface area contributed by atoms with Crippen LogP contribution >= 0.6 is 35.8 Å². The first-order valence-electron chi connectivity index (χ1n) is 10.6. The summed E-state index contributed by atoms with van der Waals surface area (Å²) in [5, 5.41) is 1.43. The van der Waals surface area contributed by atoms with Gasteiger partial charge in [0.2, 0.25) is 5.91 Å². The quantitative estimate of drug-likeness (QED) is 0.553. The Balaban J connectivity index is 0.00000289. The predicted molar refractivity (Wildman–Crippen MR) is 139 cm³/mol. The number of amides is 1. The molecule has 8 heteroatoms. The normalized spacial score (nSPS) is 18.5. The maximum Gasteiger partial charge on any atom is 0.227 e. The van der Waals surface area contributed by atoms with Gasteiger partial charge in [-0.2, -0.15) is 0 Å². The molecule has 0 radical (unpaired) electrons. The highest BCUT2D eigenvalue weighted by molar-refractivity contribution is 8.14. The fraction of sp³-hybridized carbons (Fsp3) is 0.375. The van der Waals surface area contributed by atoms with Gasteiger partial charge in [0, 0.05) is 10.7 Å². The lowest BCUT2D eigenvalue weighted by Gasteiger charge is -2.42. The van der Waals surface area contributed by atoms with E-state index in [0.29, 0.717) is 5.02 Å². The summed E-state index contributed by atoms with van der Waals surface area (Å²) in [6, 6.07) is 14.0. The number of aliphatic imine (C=N–C) groups is 2. The molecular weight excluding hydrogens is 463 g/mol. The molecule has 1 saturated carbocycles. The average molecular weight is 491 g/mol. The van der Waals surface area contributed by atoms with Crippen molar-refractivity contribution < 1.29 is 4.79 Å². The van der Waals surface area contributed by atoms with E-state index in [2.05, 4.69) is 36.9 Å². The molecule has 2 aliphatic rings. The molecule has 1 heterocycles. The van der Waals surface area contributed by atoms with Crippen LogP contribution in [0.4, 0.5) is 11.4 Å². The molecule has 5 nitrogen and oxygen atoms in total. The van der Waals surface area contributed by atoms with Crippen LogP contribution in [0.3, 0.4) is 0 Å². The number of hydrogen-bond donors (Lipinski definition) is 1. The van der Waals surface area contributed by atoms with E-state index in [1.807, 2.05) is 24.3 Å². The van der Waals surface area contributed by atoms with Crippen molar-refractivity contribution in [3.8, 4) is 0 Å². The maximum absolute atomic E-state index is 11.6. The SMILES string of the molecule is Cc1cccc(C)c1N=C1N=C(SCC(N)=O)N(c2cccc(Cl)c2)C12CCCCC2.Cl. The summed E-state index contributed by atoms with van der Waals surface area (Å²) in [6.45, 7) is 4.16. The van der Waals surface area contributed by atoms with E-state index < -0.39 is 0 Å². The molecular formula is C24H28Cl2N4OS. The highest BCUT2D eigenvalue weighted by Gasteiger charge is 2.50. The zero-order valence-electron chi connectivity index (χ0n) is 18.3. The lowest BCUT2D eigenvalue weighted by atomic mass is 9.79. The summed E-state index contributed by atoms with van der Waals surface area (Å²) in [6.07, 6.45) is 5.31. The molecule has 0 unspecified atom stereocenters. The monoisotopic (exact) mass is 490 g/mol. The van der Waals surface area contributed by atoms with Gasteiger partial charge in [0.1, 0.15) is 5.54 Å². The number of halogens is 2. The summed E-state index contributed by atoms with van der Waals surface area (Å²) < 4.78 is 0. The molecule has 2 N–H and O–H groups in total. The summed E-state index contributed by atoms with van der Waals surface area (Å²) in [7, 11) is 0. The Labute approximate surface area is 204 Å². The molecule has 1 spiro atoms. The molecule has 1 amide bonds. The van der Waals surface area contributed by atoms with Crippen molar-refractivity contribution in [1.29, 1.82) is 0 Å². The van der Waals surface area contributed by atoms with Gasteiger partial charge in [-0.05, 0) is 56.0 Å². The molecule has 1 aliphatic carbocycles. The minimum absolute atomic E-state index is 0. The Bertz CT molecular complexity index is 1040. The minimum atomic E-state index is -0.364. The van der Waals surface area contributed by atoms with Gasteiger partial charge in [-0.3, -0.25) is 4.79 Å². The molecule has 2 aromatic rings. The smallest absolute Gasteiger partial charge is 0.227 e. The first kappa shape index (κ1) is 24.6. The average Bonchev–Trinajstić information content (AvgIpc) is 3.02. The lowest BCUT2D eigenvalue weighted by molar-refractivity contribution is -0.115. The predicted octanol–water partition coefficient (Wildman–Crippen LogP) is 6.21. The first-order valence-corrected chi connectivity index (χ1v) is 12.0. The van der Waals surface area contributed by atoms with Crippen LogP contribution in [0.2, 0.25) is 5.02 Å². The Morgan fingerprint density at radius 1 is 1.16 bits per heavy atom. The van der Waals surface area contributed by atoms with Crippen LogP contribution in [0.25, 0.3) is 0 Å². The number of anilines is 1. The van der Waals surface area contributed by atoms with Crippen LogP contribution in [-0.4, -0.2) is 28.2 Å². The molecule has 0 bridgehead atoms. The van der Waals surface area contributed by atoms with Crippen molar-refractivity contribution in [2.45, 2.75) is 51.5 Å². The van der Waals surface area contributed by atoms with Gasteiger partial charge in [0.15, 0.2) is 11.0 Å². The van der Waals surface area contributed by atoms with Crippen LogP contribution in [0.5, 0.6) is 0 Å². The molecule has 0 aromatic heterocycles. The number of primary amides is 1. The van der Waals surface area contributed by atoms with Crippen LogP contribution < -0.4 is 10.6 Å². The van der Waals surface area contributed by atoms with E-state index in [-0.39, 0.29) is 29.6 Å². The van der Waals surface area contributed by atoms with Gasteiger partial charge in [-0.15, -0.1) is 12.4 Å². The van der Waals surface area contributed by atoms with E-state index in [9.17, 15) is 4.79 Å². The molecule has 1 aliphatic heterocycles. The van der Waals surface area contributed by atoms with E-state index in [1.54, 1.807) is 0 Å². The second-order valence-electron chi connectivity index (χ2n) is 8.23. The standard InChI is InChI=1S/C24H27ClN4OS.ClH/c1-16-8-6-9-17(2)21(16)27-22-24(12-4-3-5-13-24)29(19-11-7-10-18(25)14-19)23(28-22)31-15-20(26)30;/h6-11,14H,3-5,12-13,15H2,1-2H3,(H2,26,30);1H. The number of thioether (sulfide) groups is 1. The van der Waals surface area contributed by atoms with E-state index in [4.69, 9.17) is 27.3 Å². The Morgan fingerprint density at radius 2 is 1.81 bits per heavy atom. The van der Waals surface area contributed by atoms with Crippen LogP contribution in [-0.2, 0) is 4.79 Å². The van der Waals surface area contributed by atoms with Crippen molar-refractivity contribution in [2.24, 2.45) is 15.7 Å². The molecule has 2 aromatic carbocycles. The second-order valence-corrected chi connectivity index (χ2v) is 9.61. The van der Waals surface area contributed by atoms with Gasteiger partial charge in [0.25, 0.3) is 0 Å². The van der Waals surface area contributed by atoms with Crippen molar-refractivity contribution in [1.82, 2.24) is 0 Å². The van der Waals surface area contributed by atoms with Gasteiger partial charge in [0.05, 0.1) is 11.4 Å². The molecule has 0 atom stereocenters. The number of hydrogen-bond acceptors (Lipinski definition) is 4. The summed E-state index contributed by atoms with van der Waals surface area (Å²) >= 11 is 7.72. The number of para-hydroxylation sites is 1. The third kappa shape index (κ3) is 4.82.